The summed E-state index contributed by atoms with van der Waals surface area (Å²) in [5.41, 5.74) is 0.795. The molecule has 0 bridgehead atoms. The number of aliphatic hydroxyl groups excluding tert-OH is 1. The van der Waals surface area contributed by atoms with Crippen LogP contribution in [-0.4, -0.2) is 23.2 Å². The standard InChI is InChI=1S/C12H21NO2/c1-3-4-9(2)12(15)13-10-5-7-11(14)8-6-10/h4,10-11,14H,3,5-8H2,1-2H3,(H,13,15)/b9-4-. The zero-order chi connectivity index (χ0) is 11.3. The van der Waals surface area contributed by atoms with Crippen LogP contribution in [0.1, 0.15) is 46.0 Å². The van der Waals surface area contributed by atoms with Crippen molar-refractivity contribution in [2.75, 3.05) is 0 Å². The van der Waals surface area contributed by atoms with Crippen molar-refractivity contribution in [1.82, 2.24) is 5.32 Å². The maximum absolute atomic E-state index is 11.6. The molecule has 0 unspecified atom stereocenters. The second-order valence-electron chi connectivity index (χ2n) is 4.27. The highest BCUT2D eigenvalue weighted by Crippen LogP contribution is 2.18. The van der Waals surface area contributed by atoms with E-state index in [1.54, 1.807) is 0 Å². The largest absolute Gasteiger partial charge is 0.393 e. The third-order valence-electron chi connectivity index (χ3n) is 2.90. The van der Waals surface area contributed by atoms with Crippen molar-refractivity contribution in [3.05, 3.63) is 11.6 Å². The van der Waals surface area contributed by atoms with Crippen LogP contribution in [0.2, 0.25) is 0 Å². The summed E-state index contributed by atoms with van der Waals surface area (Å²) in [6, 6.07) is 0.251. The Balaban J connectivity index is 2.35. The Bertz CT molecular complexity index is 240. The number of hydrogen-bond acceptors (Lipinski definition) is 2. The molecule has 0 aliphatic heterocycles. The zero-order valence-electron chi connectivity index (χ0n) is 9.62. The van der Waals surface area contributed by atoms with Crippen LogP contribution < -0.4 is 5.32 Å². The molecule has 15 heavy (non-hydrogen) atoms. The zero-order valence-corrected chi connectivity index (χ0v) is 9.62. The molecule has 2 N–H and O–H groups in total. The number of rotatable bonds is 3. The van der Waals surface area contributed by atoms with E-state index in [1.165, 1.54) is 0 Å². The lowest BCUT2D eigenvalue weighted by molar-refractivity contribution is -0.118. The maximum atomic E-state index is 11.6. The lowest BCUT2D eigenvalue weighted by atomic mass is 9.93. The molecule has 3 heteroatoms. The fraction of sp³-hybridized carbons (Fsp3) is 0.750. The van der Waals surface area contributed by atoms with Gasteiger partial charge < -0.3 is 10.4 Å². The summed E-state index contributed by atoms with van der Waals surface area (Å²) in [5, 5.41) is 12.3. The smallest absolute Gasteiger partial charge is 0.246 e. The van der Waals surface area contributed by atoms with Crippen molar-refractivity contribution in [1.29, 1.82) is 0 Å². The summed E-state index contributed by atoms with van der Waals surface area (Å²) >= 11 is 0. The maximum Gasteiger partial charge on any atom is 0.246 e. The summed E-state index contributed by atoms with van der Waals surface area (Å²) < 4.78 is 0. The van der Waals surface area contributed by atoms with E-state index in [0.717, 1.165) is 37.7 Å². The van der Waals surface area contributed by atoms with Crippen molar-refractivity contribution in [2.45, 2.75) is 58.1 Å². The fourth-order valence-corrected chi connectivity index (χ4v) is 1.92. The second-order valence-corrected chi connectivity index (χ2v) is 4.27. The van der Waals surface area contributed by atoms with Gasteiger partial charge in [0.2, 0.25) is 5.91 Å². The molecule has 0 aromatic carbocycles. The molecule has 1 aliphatic carbocycles. The van der Waals surface area contributed by atoms with Crippen molar-refractivity contribution < 1.29 is 9.90 Å². The van der Waals surface area contributed by atoms with Crippen LogP contribution in [-0.2, 0) is 4.79 Å². The average Bonchev–Trinajstić information content (AvgIpc) is 2.22. The minimum Gasteiger partial charge on any atom is -0.393 e. The number of allylic oxidation sites excluding steroid dienone is 1. The Labute approximate surface area is 91.6 Å². The van der Waals surface area contributed by atoms with Gasteiger partial charge in [-0.3, -0.25) is 4.79 Å². The van der Waals surface area contributed by atoms with Gasteiger partial charge in [0.15, 0.2) is 0 Å². The molecule has 0 atom stereocenters. The third-order valence-corrected chi connectivity index (χ3v) is 2.90. The third kappa shape index (κ3) is 4.04. The van der Waals surface area contributed by atoms with Crippen molar-refractivity contribution >= 4 is 5.91 Å². The predicted molar refractivity (Wildman–Crippen MR) is 60.5 cm³/mol. The molecule has 1 aliphatic rings. The van der Waals surface area contributed by atoms with Gasteiger partial charge in [-0.05, 0) is 39.0 Å². The van der Waals surface area contributed by atoms with Crippen LogP contribution >= 0.6 is 0 Å². The minimum absolute atomic E-state index is 0.0400. The van der Waals surface area contributed by atoms with Gasteiger partial charge in [-0.2, -0.15) is 0 Å². The van der Waals surface area contributed by atoms with Crippen molar-refractivity contribution in [2.24, 2.45) is 0 Å². The normalized spacial score (nSPS) is 27.5. The fourth-order valence-electron chi connectivity index (χ4n) is 1.92. The molecule has 1 fully saturated rings. The summed E-state index contributed by atoms with van der Waals surface area (Å²) in [5.74, 6) is 0.0400. The molecule has 0 aromatic rings. The van der Waals surface area contributed by atoms with E-state index in [-0.39, 0.29) is 18.1 Å². The first kappa shape index (κ1) is 12.2. The van der Waals surface area contributed by atoms with E-state index in [1.807, 2.05) is 19.9 Å². The Hall–Kier alpha value is -0.830. The Morgan fingerprint density at radius 2 is 2.00 bits per heavy atom. The highest BCUT2D eigenvalue weighted by molar-refractivity contribution is 5.92. The molecule has 0 heterocycles. The van der Waals surface area contributed by atoms with Gasteiger partial charge in [0.25, 0.3) is 0 Å². The minimum atomic E-state index is -0.162. The Morgan fingerprint density at radius 3 is 2.53 bits per heavy atom. The molecule has 0 spiro atoms. The average molecular weight is 211 g/mol. The molecule has 1 saturated carbocycles. The highest BCUT2D eigenvalue weighted by Gasteiger charge is 2.20. The van der Waals surface area contributed by atoms with E-state index in [4.69, 9.17) is 0 Å². The topological polar surface area (TPSA) is 49.3 Å². The molecule has 1 amide bonds. The van der Waals surface area contributed by atoms with Gasteiger partial charge in [-0.25, -0.2) is 0 Å². The molecule has 3 nitrogen and oxygen atoms in total. The van der Waals surface area contributed by atoms with Crippen LogP contribution in [0.4, 0.5) is 0 Å². The van der Waals surface area contributed by atoms with Crippen molar-refractivity contribution in [3.63, 3.8) is 0 Å². The number of aliphatic hydroxyl groups is 1. The van der Waals surface area contributed by atoms with Crippen LogP contribution in [0.3, 0.4) is 0 Å². The van der Waals surface area contributed by atoms with E-state index < -0.39 is 0 Å². The molecule has 0 aromatic heterocycles. The summed E-state index contributed by atoms with van der Waals surface area (Å²) in [6.45, 7) is 3.87. The summed E-state index contributed by atoms with van der Waals surface area (Å²) in [6.07, 6.45) is 6.07. The lowest BCUT2D eigenvalue weighted by Crippen LogP contribution is -2.38. The molecule has 1 rings (SSSR count). The second kappa shape index (κ2) is 5.91. The van der Waals surface area contributed by atoms with Crippen molar-refractivity contribution in [3.8, 4) is 0 Å². The molecular formula is C12H21NO2. The van der Waals surface area contributed by atoms with Gasteiger partial charge in [-0.15, -0.1) is 0 Å². The van der Waals surface area contributed by atoms with Gasteiger partial charge >= 0.3 is 0 Å². The number of amides is 1. The first-order valence-electron chi connectivity index (χ1n) is 5.79. The number of carbonyl (C=O) groups is 1. The summed E-state index contributed by atoms with van der Waals surface area (Å²) in [4.78, 5) is 11.6. The van der Waals surface area contributed by atoms with E-state index in [2.05, 4.69) is 5.32 Å². The predicted octanol–water partition coefficient (Wildman–Crippen LogP) is 1.76. The monoisotopic (exact) mass is 211 g/mol. The van der Waals surface area contributed by atoms with Crippen LogP contribution in [0.15, 0.2) is 11.6 Å². The quantitative estimate of drug-likeness (QED) is 0.699. The lowest BCUT2D eigenvalue weighted by Gasteiger charge is -2.26. The first-order valence-corrected chi connectivity index (χ1v) is 5.79. The van der Waals surface area contributed by atoms with E-state index in [9.17, 15) is 9.90 Å². The SMILES string of the molecule is CC/C=C(/C)C(=O)NC1CCC(O)CC1. The molecular weight excluding hydrogens is 190 g/mol. The first-order chi connectivity index (χ1) is 7.13. The number of nitrogens with one attached hydrogen (secondary N) is 1. The van der Waals surface area contributed by atoms with Crippen LogP contribution in [0.25, 0.3) is 0 Å². The molecule has 86 valence electrons. The Kier molecular flexibility index (Phi) is 4.82. The molecule has 0 saturated heterocycles. The molecule has 0 radical (unpaired) electrons. The number of hydrogen-bond donors (Lipinski definition) is 2. The Morgan fingerprint density at radius 1 is 1.40 bits per heavy atom. The van der Waals surface area contributed by atoms with Crippen LogP contribution in [0, 0.1) is 0 Å². The highest BCUT2D eigenvalue weighted by atomic mass is 16.3. The van der Waals surface area contributed by atoms with E-state index >= 15 is 0 Å². The number of carbonyl (C=O) groups excluding carboxylic acids is 1. The summed E-state index contributed by atoms with van der Waals surface area (Å²) in [7, 11) is 0. The van der Waals surface area contributed by atoms with Crippen LogP contribution in [0.5, 0.6) is 0 Å². The van der Waals surface area contributed by atoms with E-state index in [0.29, 0.717) is 0 Å². The van der Waals surface area contributed by atoms with Gasteiger partial charge in [0.05, 0.1) is 6.10 Å². The van der Waals surface area contributed by atoms with Gasteiger partial charge in [0, 0.05) is 11.6 Å². The van der Waals surface area contributed by atoms with Gasteiger partial charge in [-0.1, -0.05) is 13.0 Å². The van der Waals surface area contributed by atoms with Gasteiger partial charge in [0.1, 0.15) is 0 Å².